The molecule has 0 N–H and O–H groups in total. The van der Waals surface area contributed by atoms with Crippen molar-refractivity contribution in [3.63, 3.8) is 0 Å². The largest absolute Gasteiger partial charge is 0.492 e. The zero-order chi connectivity index (χ0) is 14.0. The molecule has 0 radical (unpaired) electrons. The number of ether oxygens (including phenoxy) is 4. The van der Waals surface area contributed by atoms with Crippen LogP contribution in [0.5, 0.6) is 0 Å². The molecule has 1 aromatic carbocycles. The molecule has 0 amide bonds. The van der Waals surface area contributed by atoms with Crippen LogP contribution >= 0.6 is 0 Å². The van der Waals surface area contributed by atoms with Crippen molar-refractivity contribution >= 4 is 0 Å². The molecule has 0 aliphatic carbocycles. The lowest BCUT2D eigenvalue weighted by atomic mass is 10.1. The van der Waals surface area contributed by atoms with E-state index < -0.39 is 5.79 Å². The Morgan fingerprint density at radius 2 is 2.05 bits per heavy atom. The summed E-state index contributed by atoms with van der Waals surface area (Å²) in [6.07, 6.45) is 3.29. The van der Waals surface area contributed by atoms with E-state index >= 15 is 0 Å². The van der Waals surface area contributed by atoms with Crippen molar-refractivity contribution in [3.8, 4) is 0 Å². The van der Waals surface area contributed by atoms with Crippen molar-refractivity contribution in [1.82, 2.24) is 0 Å². The molecule has 2 aliphatic heterocycles. The molecule has 2 heterocycles. The van der Waals surface area contributed by atoms with Gasteiger partial charge >= 0.3 is 0 Å². The van der Waals surface area contributed by atoms with Gasteiger partial charge in [0.1, 0.15) is 12.2 Å². The number of hydrogen-bond donors (Lipinski definition) is 0. The van der Waals surface area contributed by atoms with Gasteiger partial charge in [0.15, 0.2) is 11.9 Å². The van der Waals surface area contributed by atoms with Crippen LogP contribution < -0.4 is 0 Å². The van der Waals surface area contributed by atoms with E-state index in [1.807, 2.05) is 50.3 Å². The summed E-state index contributed by atoms with van der Waals surface area (Å²) in [4.78, 5) is 0. The first kappa shape index (κ1) is 13.6. The van der Waals surface area contributed by atoms with Crippen molar-refractivity contribution in [2.24, 2.45) is 0 Å². The molecule has 0 unspecified atom stereocenters. The third kappa shape index (κ3) is 3.03. The average molecular weight is 276 g/mol. The molecule has 0 saturated carbocycles. The molecule has 2 aliphatic rings. The highest BCUT2D eigenvalue weighted by Crippen LogP contribution is 2.30. The Morgan fingerprint density at radius 3 is 2.75 bits per heavy atom. The van der Waals surface area contributed by atoms with Gasteiger partial charge in [0, 0.05) is 0 Å². The summed E-state index contributed by atoms with van der Waals surface area (Å²) in [7, 11) is 0. The highest BCUT2D eigenvalue weighted by atomic mass is 16.8. The lowest BCUT2D eigenvalue weighted by Gasteiger charge is -2.25. The smallest absolute Gasteiger partial charge is 0.163 e. The first-order valence-electron chi connectivity index (χ1n) is 6.93. The van der Waals surface area contributed by atoms with Crippen LogP contribution in [0.4, 0.5) is 0 Å². The Hall–Kier alpha value is -1.36. The predicted molar refractivity (Wildman–Crippen MR) is 73.9 cm³/mol. The van der Waals surface area contributed by atoms with E-state index in [0.29, 0.717) is 13.2 Å². The maximum absolute atomic E-state index is 5.93. The van der Waals surface area contributed by atoms with Crippen LogP contribution in [0.3, 0.4) is 0 Å². The normalized spacial score (nSPS) is 31.4. The third-order valence-corrected chi connectivity index (χ3v) is 3.51. The summed E-state index contributed by atoms with van der Waals surface area (Å²) in [5, 5.41) is 0. The lowest BCUT2D eigenvalue weighted by Crippen LogP contribution is -2.39. The molecule has 1 saturated heterocycles. The lowest BCUT2D eigenvalue weighted by molar-refractivity contribution is -0.159. The van der Waals surface area contributed by atoms with E-state index in [4.69, 9.17) is 18.9 Å². The van der Waals surface area contributed by atoms with Crippen LogP contribution in [0.2, 0.25) is 0 Å². The fourth-order valence-electron chi connectivity index (χ4n) is 2.49. The molecule has 3 atom stereocenters. The fraction of sp³-hybridized carbons (Fsp3) is 0.500. The van der Waals surface area contributed by atoms with Gasteiger partial charge in [-0.15, -0.1) is 0 Å². The Balaban J connectivity index is 1.57. The van der Waals surface area contributed by atoms with Gasteiger partial charge in [-0.1, -0.05) is 30.3 Å². The summed E-state index contributed by atoms with van der Waals surface area (Å²) in [6, 6.07) is 10.1. The summed E-state index contributed by atoms with van der Waals surface area (Å²) in [5.74, 6) is -0.541. The van der Waals surface area contributed by atoms with Crippen LogP contribution in [-0.2, 0) is 25.6 Å². The zero-order valence-corrected chi connectivity index (χ0v) is 11.8. The van der Waals surface area contributed by atoms with Gasteiger partial charge in [-0.2, -0.15) is 0 Å². The van der Waals surface area contributed by atoms with Crippen LogP contribution in [0.15, 0.2) is 42.7 Å². The monoisotopic (exact) mass is 276 g/mol. The fourth-order valence-corrected chi connectivity index (χ4v) is 2.49. The van der Waals surface area contributed by atoms with Crippen molar-refractivity contribution in [1.29, 1.82) is 0 Å². The van der Waals surface area contributed by atoms with E-state index in [2.05, 4.69) is 0 Å². The molecule has 3 rings (SSSR count). The van der Waals surface area contributed by atoms with Crippen molar-refractivity contribution < 1.29 is 18.9 Å². The first-order chi connectivity index (χ1) is 9.64. The molecule has 0 bridgehead atoms. The minimum absolute atomic E-state index is 0.0965. The molecule has 0 aromatic heterocycles. The standard InChI is InChI=1S/C16H20O4/c1-16(2)19-11-14(20-16)15-13(8-9-17-15)18-10-12-6-4-3-5-7-12/h3-9,13-15H,10-11H2,1-2H3/t13-,14-,15-/m1/s1. The topological polar surface area (TPSA) is 36.9 Å². The number of rotatable bonds is 4. The SMILES string of the molecule is CC1(C)OC[C@H]([C@@H]2OC=C[C@H]2OCc2ccccc2)O1. The van der Waals surface area contributed by atoms with Crippen LogP contribution in [-0.4, -0.2) is 30.7 Å². The van der Waals surface area contributed by atoms with E-state index in [9.17, 15) is 0 Å². The molecule has 1 aromatic rings. The van der Waals surface area contributed by atoms with Gasteiger partial charge in [-0.05, 0) is 25.5 Å². The Kier molecular flexibility index (Phi) is 3.78. The van der Waals surface area contributed by atoms with E-state index in [0.717, 1.165) is 5.56 Å². The van der Waals surface area contributed by atoms with Gasteiger partial charge < -0.3 is 18.9 Å². The maximum Gasteiger partial charge on any atom is 0.163 e. The molecular formula is C16H20O4. The third-order valence-electron chi connectivity index (χ3n) is 3.51. The van der Waals surface area contributed by atoms with E-state index in [-0.39, 0.29) is 18.3 Å². The van der Waals surface area contributed by atoms with Gasteiger partial charge in [-0.3, -0.25) is 0 Å². The Labute approximate surface area is 119 Å². The van der Waals surface area contributed by atoms with E-state index in [1.165, 1.54) is 0 Å². The van der Waals surface area contributed by atoms with E-state index in [1.54, 1.807) is 6.26 Å². The quantitative estimate of drug-likeness (QED) is 0.847. The highest BCUT2D eigenvalue weighted by Gasteiger charge is 2.42. The van der Waals surface area contributed by atoms with Gasteiger partial charge in [-0.25, -0.2) is 0 Å². The second-order valence-electron chi connectivity index (χ2n) is 5.56. The molecule has 20 heavy (non-hydrogen) atoms. The number of benzene rings is 1. The second-order valence-corrected chi connectivity index (χ2v) is 5.56. The molecule has 108 valence electrons. The first-order valence-corrected chi connectivity index (χ1v) is 6.93. The van der Waals surface area contributed by atoms with Crippen molar-refractivity contribution in [2.75, 3.05) is 6.61 Å². The predicted octanol–water partition coefficient (Wildman–Crippen LogP) is 2.64. The van der Waals surface area contributed by atoms with Gasteiger partial charge in [0.05, 0.1) is 19.5 Å². The molecule has 1 fully saturated rings. The van der Waals surface area contributed by atoms with Crippen LogP contribution in [0.25, 0.3) is 0 Å². The maximum atomic E-state index is 5.93. The summed E-state index contributed by atoms with van der Waals surface area (Å²) in [5.41, 5.74) is 1.15. The Morgan fingerprint density at radius 1 is 1.25 bits per heavy atom. The number of hydrogen-bond acceptors (Lipinski definition) is 4. The van der Waals surface area contributed by atoms with Crippen molar-refractivity contribution in [3.05, 3.63) is 48.2 Å². The molecular weight excluding hydrogens is 256 g/mol. The van der Waals surface area contributed by atoms with Crippen molar-refractivity contribution in [2.45, 2.75) is 44.6 Å². The minimum atomic E-state index is -0.541. The summed E-state index contributed by atoms with van der Waals surface area (Å²) in [6.45, 7) is 4.92. The zero-order valence-electron chi connectivity index (χ0n) is 11.8. The average Bonchev–Trinajstić information content (AvgIpc) is 3.03. The molecule has 4 nitrogen and oxygen atoms in total. The van der Waals surface area contributed by atoms with Crippen LogP contribution in [0, 0.1) is 0 Å². The molecule has 4 heteroatoms. The van der Waals surface area contributed by atoms with Gasteiger partial charge in [0.25, 0.3) is 0 Å². The highest BCUT2D eigenvalue weighted by molar-refractivity contribution is 5.14. The van der Waals surface area contributed by atoms with Gasteiger partial charge in [0.2, 0.25) is 0 Å². The Bertz CT molecular complexity index is 469. The summed E-state index contributed by atoms with van der Waals surface area (Å²) >= 11 is 0. The summed E-state index contributed by atoms with van der Waals surface area (Å²) < 4.78 is 23.0. The second kappa shape index (κ2) is 5.56. The minimum Gasteiger partial charge on any atom is -0.492 e. The molecule has 0 spiro atoms. The van der Waals surface area contributed by atoms with Crippen LogP contribution in [0.1, 0.15) is 19.4 Å².